The molecule has 1 aromatic heterocycles. The largest absolute Gasteiger partial charge is 0.307 e. The minimum atomic E-state index is 0.287. The summed E-state index contributed by atoms with van der Waals surface area (Å²) in [4.78, 5) is 0. The Balaban J connectivity index is 1.94. The first kappa shape index (κ1) is 13.7. The van der Waals surface area contributed by atoms with E-state index in [1.807, 2.05) is 6.07 Å². The van der Waals surface area contributed by atoms with E-state index >= 15 is 0 Å². The molecule has 0 spiro atoms. The molecule has 2 rings (SSSR count). The lowest BCUT2D eigenvalue weighted by atomic mass is 10.1. The molecule has 1 nitrogen and oxygen atoms in total. The molecule has 0 bridgehead atoms. The van der Waals surface area contributed by atoms with Crippen LogP contribution in [0.5, 0.6) is 0 Å². The highest BCUT2D eigenvalue weighted by Crippen LogP contribution is 2.37. The number of hydrogen-bond donors (Lipinski definition) is 1. The van der Waals surface area contributed by atoms with Crippen LogP contribution in [-0.4, -0.2) is 6.04 Å². The third kappa shape index (κ3) is 3.85. The van der Waals surface area contributed by atoms with Crippen molar-refractivity contribution in [2.75, 3.05) is 0 Å². The summed E-state index contributed by atoms with van der Waals surface area (Å²) in [7, 11) is 0. The molecule has 2 unspecified atom stereocenters. The minimum Gasteiger partial charge on any atom is -0.307 e. The van der Waals surface area contributed by atoms with Gasteiger partial charge in [-0.25, -0.2) is 0 Å². The lowest BCUT2D eigenvalue weighted by Gasteiger charge is -2.22. The van der Waals surface area contributed by atoms with E-state index in [-0.39, 0.29) is 6.04 Å². The van der Waals surface area contributed by atoms with Crippen LogP contribution >= 0.6 is 34.5 Å². The van der Waals surface area contributed by atoms with Crippen LogP contribution in [0.2, 0.25) is 8.67 Å². The van der Waals surface area contributed by atoms with E-state index in [1.54, 1.807) is 0 Å². The average Bonchev–Trinajstić information content (AvgIpc) is 3.02. The Morgan fingerprint density at radius 3 is 2.65 bits per heavy atom. The Kier molecular flexibility index (Phi) is 4.76. The molecule has 1 heterocycles. The van der Waals surface area contributed by atoms with Crippen LogP contribution in [0.15, 0.2) is 6.07 Å². The molecule has 0 radical (unpaired) electrons. The highest BCUT2D eigenvalue weighted by Gasteiger charge is 2.26. The summed E-state index contributed by atoms with van der Waals surface area (Å²) in [6.07, 6.45) is 5.31. The van der Waals surface area contributed by atoms with Gasteiger partial charge in [-0.15, -0.1) is 11.3 Å². The van der Waals surface area contributed by atoms with Gasteiger partial charge in [0, 0.05) is 12.1 Å². The second-order valence-electron chi connectivity index (χ2n) is 4.95. The summed E-state index contributed by atoms with van der Waals surface area (Å²) in [5, 5.41) is 3.67. The molecule has 17 heavy (non-hydrogen) atoms. The molecule has 0 aromatic carbocycles. The van der Waals surface area contributed by atoms with Gasteiger partial charge >= 0.3 is 0 Å². The normalized spacial score (nSPS) is 19.3. The van der Waals surface area contributed by atoms with Gasteiger partial charge in [0.15, 0.2) is 0 Å². The maximum absolute atomic E-state index is 6.18. The summed E-state index contributed by atoms with van der Waals surface area (Å²) in [6, 6.07) is 2.87. The van der Waals surface area contributed by atoms with Crippen LogP contribution in [0.25, 0.3) is 0 Å². The van der Waals surface area contributed by atoms with Gasteiger partial charge in [0.05, 0.1) is 8.67 Å². The molecule has 0 amide bonds. The Bertz CT molecular complexity index is 373. The highest BCUT2D eigenvalue weighted by atomic mass is 35.5. The smallest absolute Gasteiger partial charge is 0.0991 e. The van der Waals surface area contributed by atoms with Gasteiger partial charge < -0.3 is 5.32 Å². The first-order valence-electron chi connectivity index (χ1n) is 6.31. The van der Waals surface area contributed by atoms with Crippen molar-refractivity contribution in [3.05, 3.63) is 20.3 Å². The Morgan fingerprint density at radius 2 is 2.18 bits per heavy atom. The van der Waals surface area contributed by atoms with Crippen molar-refractivity contribution in [3.63, 3.8) is 0 Å². The monoisotopic (exact) mass is 291 g/mol. The summed E-state index contributed by atoms with van der Waals surface area (Å²) in [5.74, 6) is 0.959. The number of hydrogen-bond acceptors (Lipinski definition) is 2. The summed E-state index contributed by atoms with van der Waals surface area (Å²) in [5.41, 5.74) is 1.14. The van der Waals surface area contributed by atoms with E-state index in [9.17, 15) is 0 Å². The fourth-order valence-corrected chi connectivity index (χ4v) is 3.85. The molecule has 0 saturated heterocycles. The molecular formula is C13H19Cl2NS. The summed E-state index contributed by atoms with van der Waals surface area (Å²) < 4.78 is 1.59. The van der Waals surface area contributed by atoms with Gasteiger partial charge in [0.1, 0.15) is 0 Å². The number of thiophene rings is 1. The molecule has 96 valence electrons. The second-order valence-corrected chi connectivity index (χ2v) is 7.24. The van der Waals surface area contributed by atoms with Crippen molar-refractivity contribution in [1.82, 2.24) is 5.32 Å². The summed E-state index contributed by atoms with van der Waals surface area (Å²) >= 11 is 13.6. The third-order valence-corrected chi connectivity index (χ3v) is 4.96. The maximum atomic E-state index is 6.18. The first-order chi connectivity index (χ1) is 8.10. The molecule has 4 heteroatoms. The van der Waals surface area contributed by atoms with E-state index < -0.39 is 0 Å². The third-order valence-electron chi connectivity index (χ3n) is 3.44. The Morgan fingerprint density at radius 1 is 1.47 bits per heavy atom. The zero-order valence-corrected chi connectivity index (χ0v) is 12.6. The zero-order chi connectivity index (χ0) is 12.4. The molecular weight excluding hydrogens is 273 g/mol. The Labute approximate surface area is 118 Å². The van der Waals surface area contributed by atoms with E-state index in [1.165, 1.54) is 37.0 Å². The van der Waals surface area contributed by atoms with Crippen LogP contribution in [0.1, 0.15) is 51.1 Å². The number of halogens is 2. The molecule has 1 aliphatic rings. The standard InChI is InChI=1S/C13H19Cl2NS/c1-3-10(6-9-4-5-9)16-8(2)11-7-12(14)17-13(11)15/h7-10,16H,3-6H2,1-2H3. The average molecular weight is 292 g/mol. The van der Waals surface area contributed by atoms with Crippen LogP contribution in [0, 0.1) is 5.92 Å². The predicted octanol–water partition coefficient (Wildman–Crippen LogP) is 5.28. The van der Waals surface area contributed by atoms with E-state index in [4.69, 9.17) is 23.2 Å². The molecule has 2 atom stereocenters. The number of nitrogens with one attached hydrogen (secondary N) is 1. The van der Waals surface area contributed by atoms with Gasteiger partial charge in [-0.05, 0) is 37.3 Å². The highest BCUT2D eigenvalue weighted by molar-refractivity contribution is 7.20. The van der Waals surface area contributed by atoms with Crippen molar-refractivity contribution in [1.29, 1.82) is 0 Å². The van der Waals surface area contributed by atoms with Gasteiger partial charge in [-0.1, -0.05) is 43.0 Å². The molecule has 1 fully saturated rings. The Hall–Kier alpha value is 0.240. The predicted molar refractivity (Wildman–Crippen MR) is 77.3 cm³/mol. The lowest BCUT2D eigenvalue weighted by Crippen LogP contribution is -2.31. The molecule has 1 N–H and O–H groups in total. The van der Waals surface area contributed by atoms with Gasteiger partial charge in [-0.2, -0.15) is 0 Å². The SMILES string of the molecule is CCC(CC1CC1)NC(C)c1cc(Cl)sc1Cl. The van der Waals surface area contributed by atoms with Crippen molar-refractivity contribution in [3.8, 4) is 0 Å². The van der Waals surface area contributed by atoms with Crippen molar-refractivity contribution >= 4 is 34.5 Å². The molecule has 1 aromatic rings. The van der Waals surface area contributed by atoms with Gasteiger partial charge in [0.2, 0.25) is 0 Å². The molecule has 1 aliphatic carbocycles. The van der Waals surface area contributed by atoms with Crippen LogP contribution in [-0.2, 0) is 0 Å². The van der Waals surface area contributed by atoms with Crippen LogP contribution < -0.4 is 5.32 Å². The van der Waals surface area contributed by atoms with E-state index in [2.05, 4.69) is 19.2 Å². The van der Waals surface area contributed by atoms with E-state index in [0.29, 0.717) is 6.04 Å². The number of rotatable bonds is 6. The van der Waals surface area contributed by atoms with Crippen LogP contribution in [0.4, 0.5) is 0 Å². The first-order valence-corrected chi connectivity index (χ1v) is 7.88. The second kappa shape index (κ2) is 5.92. The fraction of sp³-hybridized carbons (Fsp3) is 0.692. The van der Waals surface area contributed by atoms with Gasteiger partial charge in [-0.3, -0.25) is 0 Å². The maximum Gasteiger partial charge on any atom is 0.0991 e. The fourth-order valence-electron chi connectivity index (χ4n) is 2.20. The van der Waals surface area contributed by atoms with Gasteiger partial charge in [0.25, 0.3) is 0 Å². The van der Waals surface area contributed by atoms with E-state index in [0.717, 1.165) is 20.2 Å². The van der Waals surface area contributed by atoms with Crippen LogP contribution in [0.3, 0.4) is 0 Å². The van der Waals surface area contributed by atoms with Crippen molar-refractivity contribution in [2.45, 2.75) is 51.6 Å². The topological polar surface area (TPSA) is 12.0 Å². The summed E-state index contributed by atoms with van der Waals surface area (Å²) in [6.45, 7) is 4.41. The minimum absolute atomic E-state index is 0.287. The quantitative estimate of drug-likeness (QED) is 0.751. The molecule has 1 saturated carbocycles. The van der Waals surface area contributed by atoms with Crippen molar-refractivity contribution < 1.29 is 0 Å². The van der Waals surface area contributed by atoms with Crippen molar-refractivity contribution in [2.24, 2.45) is 5.92 Å². The lowest BCUT2D eigenvalue weighted by molar-refractivity contribution is 0.404. The molecule has 0 aliphatic heterocycles. The zero-order valence-electron chi connectivity index (χ0n) is 10.3.